The number of carboxylic acid groups (broad SMARTS) is 1. The third kappa shape index (κ3) is 5.55. The minimum absolute atomic E-state index is 0.0706. The first-order chi connectivity index (χ1) is 10.6. The molecule has 2 rings (SSSR count). The predicted molar refractivity (Wildman–Crippen MR) is 77.6 cm³/mol. The first kappa shape index (κ1) is 17.2. The van der Waals surface area contributed by atoms with Crippen molar-refractivity contribution in [2.75, 3.05) is 33.0 Å². The molecule has 7 heteroatoms. The summed E-state index contributed by atoms with van der Waals surface area (Å²) in [4.78, 5) is 23.1. The van der Waals surface area contributed by atoms with Gasteiger partial charge in [0.25, 0.3) is 0 Å². The highest BCUT2D eigenvalue weighted by Gasteiger charge is 2.36. The summed E-state index contributed by atoms with van der Waals surface area (Å²) in [7, 11) is 0. The lowest BCUT2D eigenvalue weighted by atomic mass is 9.86. The van der Waals surface area contributed by atoms with Crippen LogP contribution in [-0.4, -0.2) is 61.7 Å². The molecule has 22 heavy (non-hydrogen) atoms. The van der Waals surface area contributed by atoms with Gasteiger partial charge in [-0.25, -0.2) is 0 Å². The molecule has 2 heterocycles. The maximum absolute atomic E-state index is 12.0. The Bertz CT molecular complexity index is 374. The fraction of sp³-hybridized carbons (Fsp3) is 0.867. The number of carboxylic acids is 1. The summed E-state index contributed by atoms with van der Waals surface area (Å²) in [5, 5.41) is 11.9. The van der Waals surface area contributed by atoms with Crippen molar-refractivity contribution in [3.8, 4) is 0 Å². The van der Waals surface area contributed by atoms with E-state index >= 15 is 0 Å². The largest absolute Gasteiger partial charge is 0.481 e. The number of nitrogens with one attached hydrogen (secondary N) is 1. The maximum Gasteiger partial charge on any atom is 0.305 e. The van der Waals surface area contributed by atoms with E-state index in [2.05, 4.69) is 5.32 Å². The quantitative estimate of drug-likeness (QED) is 0.641. The second-order valence-electron chi connectivity index (χ2n) is 5.97. The van der Waals surface area contributed by atoms with Crippen molar-refractivity contribution in [2.45, 2.75) is 50.2 Å². The molecule has 2 fully saturated rings. The molecule has 0 bridgehead atoms. The number of amides is 1. The van der Waals surface area contributed by atoms with Gasteiger partial charge in [0.1, 0.15) is 0 Å². The molecule has 0 radical (unpaired) electrons. The SMILES string of the molecule is O=C(O)CC1(NC(=O)CCOCC2CCCO2)CCOCC1. The number of rotatable bonds is 8. The van der Waals surface area contributed by atoms with Gasteiger partial charge in [-0.1, -0.05) is 0 Å². The standard InChI is InChI=1S/C15H25NO6/c17-13(3-7-21-11-12-2-1-6-22-12)16-15(10-14(18)19)4-8-20-9-5-15/h12H,1-11H2,(H,16,17)(H,18,19). The molecule has 2 saturated heterocycles. The minimum atomic E-state index is -0.906. The minimum Gasteiger partial charge on any atom is -0.481 e. The number of ether oxygens (including phenoxy) is 3. The van der Waals surface area contributed by atoms with E-state index in [0.29, 0.717) is 39.3 Å². The van der Waals surface area contributed by atoms with E-state index in [9.17, 15) is 9.59 Å². The number of aliphatic carboxylic acids is 1. The molecule has 2 N–H and O–H groups in total. The smallest absolute Gasteiger partial charge is 0.305 e. The molecule has 0 saturated carbocycles. The lowest BCUT2D eigenvalue weighted by molar-refractivity contribution is -0.140. The molecule has 1 unspecified atom stereocenters. The Labute approximate surface area is 130 Å². The molecule has 2 aliphatic rings. The Balaban J connectivity index is 1.69. The molecule has 0 aromatic rings. The van der Waals surface area contributed by atoms with Crippen molar-refractivity contribution < 1.29 is 28.9 Å². The van der Waals surface area contributed by atoms with Crippen LogP contribution in [0.15, 0.2) is 0 Å². The Kier molecular flexibility index (Phi) is 6.60. The lowest BCUT2D eigenvalue weighted by Crippen LogP contribution is -2.53. The molecule has 1 amide bonds. The average Bonchev–Trinajstić information content (AvgIpc) is 2.97. The van der Waals surface area contributed by atoms with Crippen LogP contribution in [0.4, 0.5) is 0 Å². The van der Waals surface area contributed by atoms with Crippen LogP contribution in [0.3, 0.4) is 0 Å². The topological polar surface area (TPSA) is 94.1 Å². The van der Waals surface area contributed by atoms with E-state index in [1.807, 2.05) is 0 Å². The highest BCUT2D eigenvalue weighted by atomic mass is 16.5. The number of carbonyl (C=O) groups excluding carboxylic acids is 1. The second kappa shape index (κ2) is 8.45. The highest BCUT2D eigenvalue weighted by Crippen LogP contribution is 2.24. The molecular weight excluding hydrogens is 290 g/mol. The molecule has 7 nitrogen and oxygen atoms in total. The first-order valence-electron chi connectivity index (χ1n) is 7.90. The Morgan fingerprint density at radius 1 is 1.27 bits per heavy atom. The average molecular weight is 315 g/mol. The van der Waals surface area contributed by atoms with Gasteiger partial charge in [-0.05, 0) is 25.7 Å². The van der Waals surface area contributed by atoms with Crippen LogP contribution in [-0.2, 0) is 23.8 Å². The third-order valence-electron chi connectivity index (χ3n) is 4.15. The van der Waals surface area contributed by atoms with Gasteiger partial charge in [-0.3, -0.25) is 9.59 Å². The summed E-state index contributed by atoms with van der Waals surface area (Å²) in [5.41, 5.74) is -0.685. The maximum atomic E-state index is 12.0. The Hall–Kier alpha value is -1.18. The van der Waals surface area contributed by atoms with Crippen LogP contribution in [0.1, 0.15) is 38.5 Å². The number of carbonyl (C=O) groups is 2. The van der Waals surface area contributed by atoms with Crippen LogP contribution in [0.2, 0.25) is 0 Å². The van der Waals surface area contributed by atoms with Gasteiger partial charge in [-0.15, -0.1) is 0 Å². The van der Waals surface area contributed by atoms with Crippen molar-refractivity contribution in [3.63, 3.8) is 0 Å². The van der Waals surface area contributed by atoms with E-state index in [1.165, 1.54) is 0 Å². The van der Waals surface area contributed by atoms with Crippen LogP contribution in [0.5, 0.6) is 0 Å². The molecule has 0 spiro atoms. The van der Waals surface area contributed by atoms with Crippen LogP contribution >= 0.6 is 0 Å². The van der Waals surface area contributed by atoms with Gasteiger partial charge in [0.2, 0.25) is 5.91 Å². The van der Waals surface area contributed by atoms with Crippen LogP contribution < -0.4 is 5.32 Å². The summed E-state index contributed by atoms with van der Waals surface area (Å²) in [6, 6.07) is 0. The predicted octanol–water partition coefficient (Wildman–Crippen LogP) is 0.712. The second-order valence-corrected chi connectivity index (χ2v) is 5.97. The normalized spacial score (nSPS) is 24.1. The summed E-state index contributed by atoms with van der Waals surface area (Å²) in [5.74, 6) is -1.08. The molecule has 126 valence electrons. The van der Waals surface area contributed by atoms with E-state index in [1.54, 1.807) is 0 Å². The van der Waals surface area contributed by atoms with Gasteiger partial charge in [0.05, 0.1) is 31.3 Å². The Morgan fingerprint density at radius 3 is 2.68 bits per heavy atom. The van der Waals surface area contributed by atoms with Gasteiger partial charge < -0.3 is 24.6 Å². The van der Waals surface area contributed by atoms with E-state index in [0.717, 1.165) is 19.4 Å². The molecule has 2 aliphatic heterocycles. The van der Waals surface area contributed by atoms with E-state index < -0.39 is 11.5 Å². The van der Waals surface area contributed by atoms with Gasteiger partial charge in [-0.2, -0.15) is 0 Å². The van der Waals surface area contributed by atoms with Crippen molar-refractivity contribution in [1.29, 1.82) is 0 Å². The van der Waals surface area contributed by atoms with Gasteiger partial charge in [0.15, 0.2) is 0 Å². The van der Waals surface area contributed by atoms with Crippen molar-refractivity contribution in [2.24, 2.45) is 0 Å². The molecular formula is C15H25NO6. The summed E-state index contributed by atoms with van der Waals surface area (Å²) < 4.78 is 16.2. The Morgan fingerprint density at radius 2 is 2.05 bits per heavy atom. The number of hydrogen-bond donors (Lipinski definition) is 2. The van der Waals surface area contributed by atoms with Crippen LogP contribution in [0.25, 0.3) is 0 Å². The summed E-state index contributed by atoms with van der Waals surface area (Å²) >= 11 is 0. The van der Waals surface area contributed by atoms with Gasteiger partial charge in [0, 0.05) is 26.2 Å². The summed E-state index contributed by atoms with van der Waals surface area (Å²) in [6.45, 7) is 2.58. The van der Waals surface area contributed by atoms with E-state index in [-0.39, 0.29) is 24.9 Å². The molecule has 0 aromatic carbocycles. The third-order valence-corrected chi connectivity index (χ3v) is 4.15. The molecule has 0 aromatic heterocycles. The zero-order valence-corrected chi connectivity index (χ0v) is 12.8. The van der Waals surface area contributed by atoms with Crippen molar-refractivity contribution in [1.82, 2.24) is 5.32 Å². The fourth-order valence-electron chi connectivity index (χ4n) is 2.91. The number of hydrogen-bond acceptors (Lipinski definition) is 5. The van der Waals surface area contributed by atoms with Gasteiger partial charge >= 0.3 is 5.97 Å². The van der Waals surface area contributed by atoms with E-state index in [4.69, 9.17) is 19.3 Å². The lowest BCUT2D eigenvalue weighted by Gasteiger charge is -2.36. The fourth-order valence-corrected chi connectivity index (χ4v) is 2.91. The molecule has 1 atom stereocenters. The monoisotopic (exact) mass is 315 g/mol. The van der Waals surface area contributed by atoms with Crippen LogP contribution in [0, 0.1) is 0 Å². The van der Waals surface area contributed by atoms with Crippen molar-refractivity contribution in [3.05, 3.63) is 0 Å². The van der Waals surface area contributed by atoms with Crippen molar-refractivity contribution >= 4 is 11.9 Å². The first-order valence-corrected chi connectivity index (χ1v) is 7.90. The zero-order valence-electron chi connectivity index (χ0n) is 12.8. The molecule has 0 aliphatic carbocycles. The summed E-state index contributed by atoms with van der Waals surface area (Å²) in [6.07, 6.45) is 3.44. The zero-order chi connectivity index (χ0) is 15.8. The highest BCUT2D eigenvalue weighted by molar-refractivity contribution is 5.78.